The first-order chi connectivity index (χ1) is 17.9. The van der Waals surface area contributed by atoms with Crippen LogP contribution >= 0.6 is 0 Å². The van der Waals surface area contributed by atoms with Gasteiger partial charge in [0.2, 0.25) is 5.91 Å². The molecule has 2 saturated heterocycles. The standard InChI is InChI=1S/C30H37N5O2/c1-21-4-5-26(18-28(21)32-29(36)25-10-14-33(2)15-11-25)30(37)35-16-12-24(13-17-35)22-6-8-23(9-7-22)27-19-31-34(3)20-27/h4-9,18-20,24-25H,10-17H2,1-3H3,(H,32,36). The Hall–Kier alpha value is -3.45. The SMILES string of the molecule is Cc1ccc(C(=O)N2CCC(c3ccc(-c4cnn(C)c4)cc3)CC2)cc1NC(=O)C1CCN(C)CC1. The minimum absolute atomic E-state index is 0.0346. The summed E-state index contributed by atoms with van der Waals surface area (Å²) in [7, 11) is 4.02. The lowest BCUT2D eigenvalue weighted by molar-refractivity contribution is -0.121. The van der Waals surface area contributed by atoms with Gasteiger partial charge in [-0.25, -0.2) is 0 Å². The van der Waals surface area contributed by atoms with E-state index in [9.17, 15) is 9.59 Å². The van der Waals surface area contributed by atoms with E-state index in [1.165, 1.54) is 11.1 Å². The highest BCUT2D eigenvalue weighted by Gasteiger charge is 2.26. The van der Waals surface area contributed by atoms with Gasteiger partial charge in [0.1, 0.15) is 0 Å². The number of carbonyl (C=O) groups excluding carboxylic acids is 2. The highest BCUT2D eigenvalue weighted by Crippen LogP contribution is 2.31. The summed E-state index contributed by atoms with van der Waals surface area (Å²) < 4.78 is 1.82. The fourth-order valence-electron chi connectivity index (χ4n) is 5.51. The summed E-state index contributed by atoms with van der Waals surface area (Å²) in [5.74, 6) is 0.595. The Morgan fingerprint density at radius 2 is 1.59 bits per heavy atom. The van der Waals surface area contributed by atoms with Crippen molar-refractivity contribution in [3.8, 4) is 11.1 Å². The summed E-state index contributed by atoms with van der Waals surface area (Å²) in [6.45, 7) is 5.34. The van der Waals surface area contributed by atoms with Crippen LogP contribution in [0.1, 0.15) is 53.1 Å². The van der Waals surface area contributed by atoms with Crippen molar-refractivity contribution in [1.82, 2.24) is 19.6 Å². The number of hydrogen-bond donors (Lipinski definition) is 1. The van der Waals surface area contributed by atoms with Gasteiger partial charge in [0.05, 0.1) is 6.20 Å². The van der Waals surface area contributed by atoms with Gasteiger partial charge in [0, 0.05) is 49.1 Å². The molecule has 7 heteroatoms. The quantitative estimate of drug-likeness (QED) is 0.553. The van der Waals surface area contributed by atoms with Crippen LogP contribution in [0.4, 0.5) is 5.69 Å². The normalized spacial score (nSPS) is 17.6. The van der Waals surface area contributed by atoms with E-state index < -0.39 is 0 Å². The summed E-state index contributed by atoms with van der Waals surface area (Å²) in [6, 6.07) is 14.4. The Labute approximate surface area is 219 Å². The van der Waals surface area contributed by atoms with Gasteiger partial charge in [0.15, 0.2) is 0 Å². The zero-order valence-electron chi connectivity index (χ0n) is 22.1. The van der Waals surface area contributed by atoms with E-state index in [0.29, 0.717) is 11.5 Å². The number of nitrogens with one attached hydrogen (secondary N) is 1. The Morgan fingerprint density at radius 1 is 0.892 bits per heavy atom. The molecule has 7 nitrogen and oxygen atoms in total. The first kappa shape index (κ1) is 25.2. The van der Waals surface area contributed by atoms with E-state index in [-0.39, 0.29) is 17.7 Å². The summed E-state index contributed by atoms with van der Waals surface area (Å²) in [4.78, 5) is 30.4. The van der Waals surface area contributed by atoms with Crippen LogP contribution in [0.2, 0.25) is 0 Å². The largest absolute Gasteiger partial charge is 0.339 e. The summed E-state index contributed by atoms with van der Waals surface area (Å²) >= 11 is 0. The third kappa shape index (κ3) is 5.77. The monoisotopic (exact) mass is 499 g/mol. The molecule has 2 fully saturated rings. The Bertz CT molecular complexity index is 1250. The number of likely N-dealkylation sites (tertiary alicyclic amines) is 2. The number of piperidine rings is 2. The lowest BCUT2D eigenvalue weighted by atomic mass is 9.88. The molecule has 2 amide bonds. The van der Waals surface area contributed by atoms with Crippen LogP contribution < -0.4 is 5.32 Å². The number of anilines is 1. The second kappa shape index (κ2) is 10.9. The maximum atomic E-state index is 13.3. The van der Waals surface area contributed by atoms with Crippen molar-refractivity contribution in [2.45, 2.75) is 38.5 Å². The lowest BCUT2D eigenvalue weighted by Crippen LogP contribution is -2.38. The lowest BCUT2D eigenvalue weighted by Gasteiger charge is -2.32. The highest BCUT2D eigenvalue weighted by atomic mass is 16.2. The molecule has 5 rings (SSSR count). The first-order valence-corrected chi connectivity index (χ1v) is 13.4. The maximum absolute atomic E-state index is 13.3. The number of aryl methyl sites for hydroxylation is 2. The molecular formula is C30H37N5O2. The zero-order chi connectivity index (χ0) is 25.9. The number of nitrogens with zero attached hydrogens (tertiary/aromatic N) is 4. The van der Waals surface area contributed by atoms with Gasteiger partial charge in [-0.2, -0.15) is 5.10 Å². The third-order valence-corrected chi connectivity index (χ3v) is 8.03. The van der Waals surface area contributed by atoms with E-state index in [1.54, 1.807) is 0 Å². The molecule has 1 N–H and O–H groups in total. The molecule has 3 heterocycles. The van der Waals surface area contributed by atoms with Crippen molar-refractivity contribution in [2.75, 3.05) is 38.5 Å². The molecule has 3 aromatic rings. The molecule has 2 aromatic carbocycles. The fourth-order valence-corrected chi connectivity index (χ4v) is 5.51. The topological polar surface area (TPSA) is 70.5 Å². The predicted octanol–water partition coefficient (Wildman–Crippen LogP) is 4.70. The van der Waals surface area contributed by atoms with Crippen LogP contribution in [0.25, 0.3) is 11.1 Å². The average molecular weight is 500 g/mol. The molecule has 0 bridgehead atoms. The van der Waals surface area contributed by atoms with E-state index in [4.69, 9.17) is 0 Å². The van der Waals surface area contributed by atoms with Gasteiger partial charge in [-0.05, 0) is 87.5 Å². The molecule has 0 saturated carbocycles. The summed E-state index contributed by atoms with van der Waals surface area (Å²) in [5, 5.41) is 7.37. The van der Waals surface area contributed by atoms with Crippen LogP contribution in [0, 0.1) is 12.8 Å². The summed E-state index contributed by atoms with van der Waals surface area (Å²) in [6.07, 6.45) is 7.56. The van der Waals surface area contributed by atoms with Gasteiger partial charge in [-0.3, -0.25) is 14.3 Å². The molecule has 0 atom stereocenters. The van der Waals surface area contributed by atoms with Crippen molar-refractivity contribution in [3.05, 3.63) is 71.5 Å². The number of rotatable bonds is 5. The van der Waals surface area contributed by atoms with Crippen LogP contribution in [-0.4, -0.2) is 64.6 Å². The average Bonchev–Trinajstić information content (AvgIpc) is 3.36. The minimum atomic E-state index is 0.0346. The molecule has 194 valence electrons. The molecule has 37 heavy (non-hydrogen) atoms. The number of benzene rings is 2. The van der Waals surface area contributed by atoms with Crippen LogP contribution in [0.3, 0.4) is 0 Å². The highest BCUT2D eigenvalue weighted by molar-refractivity contribution is 5.98. The van der Waals surface area contributed by atoms with Crippen molar-refractivity contribution in [1.29, 1.82) is 0 Å². The van der Waals surface area contributed by atoms with E-state index in [1.807, 2.05) is 54.1 Å². The number of carbonyl (C=O) groups is 2. The molecular weight excluding hydrogens is 462 g/mol. The van der Waals surface area contributed by atoms with Gasteiger partial charge >= 0.3 is 0 Å². The number of amides is 2. The Balaban J connectivity index is 1.18. The van der Waals surface area contributed by atoms with Gasteiger partial charge in [0.25, 0.3) is 5.91 Å². The predicted molar refractivity (Wildman–Crippen MR) is 147 cm³/mol. The molecule has 1 aromatic heterocycles. The Morgan fingerprint density at radius 3 is 2.24 bits per heavy atom. The van der Waals surface area contributed by atoms with E-state index in [2.05, 4.69) is 46.6 Å². The maximum Gasteiger partial charge on any atom is 0.253 e. The van der Waals surface area contributed by atoms with Crippen molar-refractivity contribution in [3.63, 3.8) is 0 Å². The van der Waals surface area contributed by atoms with Crippen LogP contribution in [-0.2, 0) is 11.8 Å². The van der Waals surface area contributed by atoms with E-state index >= 15 is 0 Å². The number of aromatic nitrogens is 2. The minimum Gasteiger partial charge on any atom is -0.339 e. The smallest absolute Gasteiger partial charge is 0.253 e. The fraction of sp³-hybridized carbons (Fsp3) is 0.433. The molecule has 0 radical (unpaired) electrons. The second-order valence-corrected chi connectivity index (χ2v) is 10.7. The molecule has 2 aliphatic heterocycles. The van der Waals surface area contributed by atoms with Gasteiger partial charge < -0.3 is 15.1 Å². The molecule has 0 aliphatic carbocycles. The molecule has 0 unspecified atom stereocenters. The first-order valence-electron chi connectivity index (χ1n) is 13.4. The third-order valence-electron chi connectivity index (χ3n) is 8.03. The van der Waals surface area contributed by atoms with Crippen molar-refractivity contribution >= 4 is 17.5 Å². The van der Waals surface area contributed by atoms with E-state index in [0.717, 1.165) is 68.7 Å². The second-order valence-electron chi connectivity index (χ2n) is 10.7. The van der Waals surface area contributed by atoms with Gasteiger partial charge in [-0.15, -0.1) is 0 Å². The van der Waals surface area contributed by atoms with Crippen molar-refractivity contribution < 1.29 is 9.59 Å². The van der Waals surface area contributed by atoms with Gasteiger partial charge in [-0.1, -0.05) is 30.3 Å². The summed E-state index contributed by atoms with van der Waals surface area (Å²) in [5.41, 5.74) is 5.99. The molecule has 0 spiro atoms. The van der Waals surface area contributed by atoms with Crippen LogP contribution in [0.5, 0.6) is 0 Å². The zero-order valence-corrected chi connectivity index (χ0v) is 22.1. The van der Waals surface area contributed by atoms with Crippen molar-refractivity contribution in [2.24, 2.45) is 13.0 Å². The van der Waals surface area contributed by atoms with Crippen LogP contribution in [0.15, 0.2) is 54.9 Å². The molecule has 2 aliphatic rings. The Kier molecular flexibility index (Phi) is 7.42. The number of hydrogen-bond acceptors (Lipinski definition) is 4.